The van der Waals surface area contributed by atoms with Gasteiger partial charge in [-0.05, 0) is 18.9 Å². The number of rotatable bonds is 4. The van der Waals surface area contributed by atoms with Crippen molar-refractivity contribution in [1.82, 2.24) is 9.88 Å². The Bertz CT molecular complexity index is 483. The summed E-state index contributed by atoms with van der Waals surface area (Å²) in [7, 11) is 0. The van der Waals surface area contributed by atoms with Gasteiger partial charge in [0.25, 0.3) is 5.91 Å². The van der Waals surface area contributed by atoms with E-state index in [0.717, 1.165) is 25.7 Å². The summed E-state index contributed by atoms with van der Waals surface area (Å²) in [6.07, 6.45) is 6.23. The topological polar surface area (TPSA) is 90.7 Å². The normalized spacial score (nSPS) is 15.4. The molecule has 0 aromatic carbocycles. The van der Waals surface area contributed by atoms with Crippen molar-refractivity contribution in [3.05, 3.63) is 24.0 Å². The molecule has 0 atom stereocenters. The average molecular weight is 264 g/mol. The molecule has 0 saturated heterocycles. The van der Waals surface area contributed by atoms with Crippen molar-refractivity contribution in [2.75, 3.05) is 6.54 Å². The molecule has 1 aromatic rings. The smallest absolute Gasteiger partial charge is 0.323 e. The number of aromatic nitrogens is 1. The zero-order valence-corrected chi connectivity index (χ0v) is 10.5. The third-order valence-corrected chi connectivity index (χ3v) is 3.30. The number of aliphatic carboxylic acids is 1. The summed E-state index contributed by atoms with van der Waals surface area (Å²) >= 11 is 0. The van der Waals surface area contributed by atoms with E-state index in [1.807, 2.05) is 0 Å². The van der Waals surface area contributed by atoms with Crippen molar-refractivity contribution in [2.24, 2.45) is 0 Å². The van der Waals surface area contributed by atoms with Crippen molar-refractivity contribution in [3.8, 4) is 5.75 Å². The number of carboxylic acids is 1. The van der Waals surface area contributed by atoms with Gasteiger partial charge in [-0.3, -0.25) is 14.6 Å². The summed E-state index contributed by atoms with van der Waals surface area (Å²) in [5, 5.41) is 18.3. The molecule has 0 bridgehead atoms. The highest BCUT2D eigenvalue weighted by atomic mass is 16.4. The molecule has 0 aliphatic heterocycles. The number of carbonyl (C=O) groups is 2. The van der Waals surface area contributed by atoms with E-state index in [1.54, 1.807) is 0 Å². The third kappa shape index (κ3) is 3.21. The minimum Gasteiger partial charge on any atom is -0.506 e. The Kier molecular flexibility index (Phi) is 3.99. The summed E-state index contributed by atoms with van der Waals surface area (Å²) in [4.78, 5) is 28.4. The van der Waals surface area contributed by atoms with E-state index in [-0.39, 0.29) is 23.9 Å². The van der Waals surface area contributed by atoms with Crippen LogP contribution in [0.25, 0.3) is 0 Å². The number of hydrogen-bond donors (Lipinski definition) is 2. The van der Waals surface area contributed by atoms with Gasteiger partial charge in [-0.2, -0.15) is 0 Å². The van der Waals surface area contributed by atoms with Gasteiger partial charge in [0.15, 0.2) is 0 Å². The average Bonchev–Trinajstić information content (AvgIpc) is 2.88. The summed E-state index contributed by atoms with van der Waals surface area (Å²) < 4.78 is 0. The number of nitrogens with zero attached hydrogens (tertiary/aromatic N) is 2. The van der Waals surface area contributed by atoms with Crippen LogP contribution >= 0.6 is 0 Å². The first-order valence-electron chi connectivity index (χ1n) is 6.24. The summed E-state index contributed by atoms with van der Waals surface area (Å²) in [6.45, 7) is -0.320. The van der Waals surface area contributed by atoms with Crippen LogP contribution in [0.15, 0.2) is 18.5 Å². The molecular weight excluding hydrogens is 248 g/mol. The predicted molar refractivity (Wildman–Crippen MR) is 66.8 cm³/mol. The van der Waals surface area contributed by atoms with Gasteiger partial charge in [-0.25, -0.2) is 0 Å². The monoisotopic (exact) mass is 264 g/mol. The summed E-state index contributed by atoms with van der Waals surface area (Å²) in [5.74, 6) is -1.53. The first-order valence-corrected chi connectivity index (χ1v) is 6.24. The molecule has 1 aliphatic carbocycles. The van der Waals surface area contributed by atoms with Gasteiger partial charge in [0.2, 0.25) is 0 Å². The van der Waals surface area contributed by atoms with Crippen LogP contribution in [-0.4, -0.2) is 44.6 Å². The standard InChI is InChI=1S/C13H16N2O4/c16-11-5-9(6-14-7-11)13(19)15(8-12(17)18)10-3-1-2-4-10/h5-7,10,16H,1-4,8H2,(H,17,18). The van der Waals surface area contributed by atoms with E-state index in [9.17, 15) is 14.7 Å². The summed E-state index contributed by atoms with van der Waals surface area (Å²) in [5.41, 5.74) is 0.216. The van der Waals surface area contributed by atoms with Crippen molar-refractivity contribution in [2.45, 2.75) is 31.7 Å². The van der Waals surface area contributed by atoms with E-state index in [0.29, 0.717) is 0 Å². The number of carboxylic acid groups (broad SMARTS) is 1. The first kappa shape index (κ1) is 13.3. The van der Waals surface area contributed by atoms with Crippen LogP contribution < -0.4 is 0 Å². The number of carbonyl (C=O) groups excluding carboxylic acids is 1. The van der Waals surface area contributed by atoms with Crippen LogP contribution in [-0.2, 0) is 4.79 Å². The van der Waals surface area contributed by atoms with Crippen molar-refractivity contribution >= 4 is 11.9 Å². The SMILES string of the molecule is O=C(O)CN(C(=O)c1cncc(O)c1)C1CCCC1. The lowest BCUT2D eigenvalue weighted by molar-refractivity contribution is -0.138. The second-order valence-electron chi connectivity index (χ2n) is 4.70. The zero-order valence-electron chi connectivity index (χ0n) is 10.5. The van der Waals surface area contributed by atoms with Crippen LogP contribution in [0.3, 0.4) is 0 Å². The largest absolute Gasteiger partial charge is 0.506 e. The zero-order chi connectivity index (χ0) is 13.8. The molecule has 1 aromatic heterocycles. The lowest BCUT2D eigenvalue weighted by atomic mass is 10.1. The first-order chi connectivity index (χ1) is 9.08. The molecule has 0 unspecified atom stereocenters. The van der Waals surface area contributed by atoms with E-state index in [1.165, 1.54) is 23.4 Å². The second-order valence-corrected chi connectivity index (χ2v) is 4.70. The molecule has 0 spiro atoms. The maximum absolute atomic E-state index is 12.3. The molecule has 1 heterocycles. The van der Waals surface area contributed by atoms with Gasteiger partial charge in [-0.1, -0.05) is 12.8 Å². The van der Waals surface area contributed by atoms with Gasteiger partial charge in [0.05, 0.1) is 11.8 Å². The molecule has 0 radical (unpaired) electrons. The van der Waals surface area contributed by atoms with Crippen LogP contribution in [0, 0.1) is 0 Å². The lowest BCUT2D eigenvalue weighted by Crippen LogP contribution is -2.42. The van der Waals surface area contributed by atoms with Crippen molar-refractivity contribution in [3.63, 3.8) is 0 Å². The Hall–Kier alpha value is -2.11. The van der Waals surface area contributed by atoms with Crippen LogP contribution in [0.4, 0.5) is 0 Å². The molecule has 1 aliphatic rings. The Labute approximate surface area is 110 Å². The van der Waals surface area contributed by atoms with E-state index < -0.39 is 11.9 Å². The second kappa shape index (κ2) is 5.69. The third-order valence-electron chi connectivity index (χ3n) is 3.30. The fourth-order valence-corrected chi connectivity index (χ4v) is 2.44. The highest BCUT2D eigenvalue weighted by molar-refractivity contribution is 5.96. The maximum Gasteiger partial charge on any atom is 0.323 e. The summed E-state index contributed by atoms with van der Waals surface area (Å²) in [6, 6.07) is 1.27. The van der Waals surface area contributed by atoms with E-state index in [4.69, 9.17) is 5.11 Å². The molecule has 19 heavy (non-hydrogen) atoms. The number of aromatic hydroxyl groups is 1. The molecular formula is C13H16N2O4. The van der Waals surface area contributed by atoms with Gasteiger partial charge < -0.3 is 15.1 Å². The Morgan fingerprint density at radius 2 is 2.00 bits per heavy atom. The molecule has 1 fully saturated rings. The van der Waals surface area contributed by atoms with Gasteiger partial charge >= 0.3 is 5.97 Å². The maximum atomic E-state index is 12.3. The fourth-order valence-electron chi connectivity index (χ4n) is 2.44. The molecule has 1 saturated carbocycles. The van der Waals surface area contributed by atoms with E-state index in [2.05, 4.69) is 4.98 Å². The fraction of sp³-hybridized carbons (Fsp3) is 0.462. The van der Waals surface area contributed by atoms with Crippen LogP contribution in [0.2, 0.25) is 0 Å². The number of pyridine rings is 1. The molecule has 102 valence electrons. The molecule has 2 N–H and O–H groups in total. The van der Waals surface area contributed by atoms with Crippen molar-refractivity contribution in [1.29, 1.82) is 0 Å². The molecule has 6 nitrogen and oxygen atoms in total. The lowest BCUT2D eigenvalue weighted by Gasteiger charge is -2.27. The Morgan fingerprint density at radius 1 is 1.32 bits per heavy atom. The minimum atomic E-state index is -1.03. The predicted octanol–water partition coefficient (Wildman–Crippen LogP) is 1.26. The van der Waals surface area contributed by atoms with Crippen LogP contribution in [0.5, 0.6) is 5.75 Å². The Balaban J connectivity index is 2.21. The molecule has 6 heteroatoms. The highest BCUT2D eigenvalue weighted by Crippen LogP contribution is 2.25. The minimum absolute atomic E-state index is 0.0362. The highest BCUT2D eigenvalue weighted by Gasteiger charge is 2.29. The van der Waals surface area contributed by atoms with Gasteiger partial charge in [-0.15, -0.1) is 0 Å². The van der Waals surface area contributed by atoms with Gasteiger partial charge in [0.1, 0.15) is 12.3 Å². The molecule has 2 rings (SSSR count). The van der Waals surface area contributed by atoms with Crippen molar-refractivity contribution < 1.29 is 19.8 Å². The van der Waals surface area contributed by atoms with Gasteiger partial charge in [0, 0.05) is 12.2 Å². The Morgan fingerprint density at radius 3 is 2.58 bits per heavy atom. The van der Waals surface area contributed by atoms with Crippen LogP contribution in [0.1, 0.15) is 36.0 Å². The number of amides is 1. The quantitative estimate of drug-likeness (QED) is 0.854. The van der Waals surface area contributed by atoms with E-state index >= 15 is 0 Å². The number of hydrogen-bond acceptors (Lipinski definition) is 4. The molecule has 1 amide bonds.